The molecule has 0 aromatic carbocycles. The van der Waals surface area contributed by atoms with Gasteiger partial charge < -0.3 is 0 Å². The van der Waals surface area contributed by atoms with Crippen molar-refractivity contribution >= 4 is 22.5 Å². The third kappa shape index (κ3) is 1.51. The van der Waals surface area contributed by atoms with E-state index in [4.69, 9.17) is 11.6 Å². The zero-order valence-corrected chi connectivity index (χ0v) is 8.81. The Hall–Kier alpha value is -2.01. The Morgan fingerprint density at radius 2 is 2.00 bits per heavy atom. The van der Waals surface area contributed by atoms with Crippen molar-refractivity contribution in [1.29, 1.82) is 0 Å². The summed E-state index contributed by atoms with van der Waals surface area (Å²) < 4.78 is 0. The lowest BCUT2D eigenvalue weighted by Gasteiger charge is -1.99. The minimum atomic E-state index is 0.351. The van der Waals surface area contributed by atoms with E-state index in [0.717, 1.165) is 10.9 Å². The molecule has 6 heteroatoms. The van der Waals surface area contributed by atoms with Crippen LogP contribution in [0.2, 0.25) is 5.15 Å². The van der Waals surface area contributed by atoms with Gasteiger partial charge in [-0.25, -0.2) is 4.98 Å². The van der Waals surface area contributed by atoms with Crippen LogP contribution in [0.5, 0.6) is 0 Å². The average molecular weight is 232 g/mol. The van der Waals surface area contributed by atoms with E-state index >= 15 is 0 Å². The molecule has 0 spiro atoms. The molecule has 16 heavy (non-hydrogen) atoms. The Morgan fingerprint density at radius 3 is 2.88 bits per heavy atom. The number of nitrogens with one attached hydrogen (secondary N) is 1. The molecule has 1 N–H and O–H groups in total. The summed E-state index contributed by atoms with van der Waals surface area (Å²) in [6, 6.07) is 1.86. The zero-order chi connectivity index (χ0) is 11.0. The lowest BCUT2D eigenvalue weighted by Crippen LogP contribution is -1.89. The second kappa shape index (κ2) is 3.53. The highest BCUT2D eigenvalue weighted by Crippen LogP contribution is 2.19. The molecule has 0 aliphatic rings. The summed E-state index contributed by atoms with van der Waals surface area (Å²) in [5, 5.41) is 8.11. The summed E-state index contributed by atoms with van der Waals surface area (Å²) in [6.45, 7) is 0. The van der Waals surface area contributed by atoms with Crippen LogP contribution >= 0.6 is 11.6 Å². The molecule has 0 atom stereocenters. The Balaban J connectivity index is 2.18. The van der Waals surface area contributed by atoms with Gasteiger partial charge in [-0.05, 0) is 6.07 Å². The van der Waals surface area contributed by atoms with E-state index in [1.807, 2.05) is 6.07 Å². The molecule has 0 saturated carbocycles. The van der Waals surface area contributed by atoms with Gasteiger partial charge in [0, 0.05) is 11.6 Å². The maximum atomic E-state index is 5.77. The lowest BCUT2D eigenvalue weighted by atomic mass is 10.2. The Bertz CT molecular complexity index is 648. The number of hydrogen-bond donors (Lipinski definition) is 1. The first-order chi connectivity index (χ1) is 7.83. The van der Waals surface area contributed by atoms with Crippen LogP contribution in [0.15, 0.2) is 30.9 Å². The van der Waals surface area contributed by atoms with Crippen LogP contribution in [0.1, 0.15) is 0 Å². The van der Waals surface area contributed by atoms with Crippen molar-refractivity contribution in [3.8, 4) is 11.4 Å². The molecule has 0 bridgehead atoms. The van der Waals surface area contributed by atoms with Crippen molar-refractivity contribution in [2.75, 3.05) is 0 Å². The van der Waals surface area contributed by atoms with Gasteiger partial charge >= 0.3 is 0 Å². The van der Waals surface area contributed by atoms with E-state index in [-0.39, 0.29) is 0 Å². The van der Waals surface area contributed by atoms with Gasteiger partial charge in [0.15, 0.2) is 0 Å². The van der Waals surface area contributed by atoms with Crippen LogP contribution in [0, 0.1) is 0 Å². The van der Waals surface area contributed by atoms with Crippen LogP contribution in [0.25, 0.3) is 22.3 Å². The van der Waals surface area contributed by atoms with Crippen molar-refractivity contribution in [3.63, 3.8) is 0 Å². The van der Waals surface area contributed by atoms with Gasteiger partial charge in [0.2, 0.25) is 0 Å². The second-order valence-corrected chi connectivity index (χ2v) is 3.64. The summed E-state index contributed by atoms with van der Waals surface area (Å²) in [5.41, 5.74) is 2.27. The number of aromatic nitrogens is 5. The van der Waals surface area contributed by atoms with Gasteiger partial charge in [0.1, 0.15) is 10.8 Å². The van der Waals surface area contributed by atoms with Crippen LogP contribution in [-0.4, -0.2) is 25.1 Å². The van der Waals surface area contributed by atoms with Crippen molar-refractivity contribution in [2.24, 2.45) is 0 Å². The Morgan fingerprint density at radius 1 is 1.06 bits per heavy atom. The average Bonchev–Trinajstić information content (AvgIpc) is 2.75. The standard InChI is InChI=1S/C10H6ClN5/c11-10-5-12-4-9(15-10)8-1-7-6(2-13-8)3-14-16-7/h1-5H,(H,14,16). The number of fused-ring (bicyclic) bond motifs is 1. The van der Waals surface area contributed by atoms with Gasteiger partial charge in [-0.15, -0.1) is 0 Å². The number of H-pyrrole nitrogens is 1. The maximum absolute atomic E-state index is 5.77. The van der Waals surface area contributed by atoms with E-state index < -0.39 is 0 Å². The first kappa shape index (κ1) is 9.23. The largest absolute Gasteiger partial charge is 0.278 e. The summed E-state index contributed by atoms with van der Waals surface area (Å²) in [7, 11) is 0. The lowest BCUT2D eigenvalue weighted by molar-refractivity contribution is 1.12. The predicted octanol–water partition coefficient (Wildman–Crippen LogP) is 2.07. The number of hydrogen-bond acceptors (Lipinski definition) is 4. The quantitative estimate of drug-likeness (QED) is 0.696. The minimum Gasteiger partial charge on any atom is -0.278 e. The van der Waals surface area contributed by atoms with E-state index in [1.165, 1.54) is 6.20 Å². The monoisotopic (exact) mass is 231 g/mol. The van der Waals surface area contributed by atoms with Crippen molar-refractivity contribution in [1.82, 2.24) is 25.1 Å². The molecule has 0 unspecified atom stereocenters. The van der Waals surface area contributed by atoms with Gasteiger partial charge in [0.05, 0.1) is 29.8 Å². The van der Waals surface area contributed by atoms with Crippen molar-refractivity contribution in [2.45, 2.75) is 0 Å². The van der Waals surface area contributed by atoms with Crippen molar-refractivity contribution in [3.05, 3.63) is 36.0 Å². The summed E-state index contributed by atoms with van der Waals surface area (Å²) >= 11 is 5.77. The fourth-order valence-corrected chi connectivity index (χ4v) is 1.59. The molecule has 3 heterocycles. The highest BCUT2D eigenvalue weighted by atomic mass is 35.5. The molecule has 5 nitrogen and oxygen atoms in total. The van der Waals surface area contributed by atoms with Crippen molar-refractivity contribution < 1.29 is 0 Å². The number of nitrogens with zero attached hydrogens (tertiary/aromatic N) is 4. The van der Waals surface area contributed by atoms with Gasteiger partial charge in [-0.2, -0.15) is 5.10 Å². The SMILES string of the molecule is Clc1cncc(-c2cc3[nH]ncc3cn2)n1. The molecular weight excluding hydrogens is 226 g/mol. The van der Waals surface area contributed by atoms with Crippen LogP contribution < -0.4 is 0 Å². The molecular formula is C10H6ClN5. The van der Waals surface area contributed by atoms with Crippen LogP contribution in [0.4, 0.5) is 0 Å². The normalized spacial score (nSPS) is 10.8. The van der Waals surface area contributed by atoms with E-state index in [9.17, 15) is 0 Å². The fraction of sp³-hybridized carbons (Fsp3) is 0. The number of halogens is 1. The molecule has 0 saturated heterocycles. The molecule has 78 valence electrons. The predicted molar refractivity (Wildman–Crippen MR) is 59.9 cm³/mol. The summed E-state index contributed by atoms with van der Waals surface area (Å²) in [5.74, 6) is 0. The third-order valence-corrected chi connectivity index (χ3v) is 2.37. The Kier molecular flexibility index (Phi) is 2.04. The molecule has 0 amide bonds. The maximum Gasteiger partial charge on any atom is 0.148 e. The third-order valence-electron chi connectivity index (χ3n) is 2.19. The highest BCUT2D eigenvalue weighted by molar-refractivity contribution is 6.29. The highest BCUT2D eigenvalue weighted by Gasteiger charge is 2.04. The minimum absolute atomic E-state index is 0.351. The molecule has 0 fully saturated rings. The molecule has 3 aromatic rings. The smallest absolute Gasteiger partial charge is 0.148 e. The molecule has 0 radical (unpaired) electrons. The summed E-state index contributed by atoms with van der Waals surface area (Å²) in [6.07, 6.45) is 6.56. The zero-order valence-electron chi connectivity index (χ0n) is 8.05. The summed E-state index contributed by atoms with van der Waals surface area (Å²) in [4.78, 5) is 12.4. The molecule has 0 aliphatic heterocycles. The molecule has 3 aromatic heterocycles. The van der Waals surface area contributed by atoms with Gasteiger partial charge in [-0.1, -0.05) is 11.6 Å². The number of aromatic amines is 1. The second-order valence-electron chi connectivity index (χ2n) is 3.25. The number of pyridine rings is 1. The molecule has 0 aliphatic carbocycles. The van der Waals surface area contributed by atoms with Gasteiger partial charge in [-0.3, -0.25) is 15.1 Å². The first-order valence-electron chi connectivity index (χ1n) is 4.60. The molecule has 3 rings (SSSR count). The first-order valence-corrected chi connectivity index (χ1v) is 4.98. The van der Waals surface area contributed by atoms with E-state index in [2.05, 4.69) is 25.1 Å². The van der Waals surface area contributed by atoms with Crippen LogP contribution in [0.3, 0.4) is 0 Å². The van der Waals surface area contributed by atoms with E-state index in [0.29, 0.717) is 16.5 Å². The topological polar surface area (TPSA) is 67.3 Å². The van der Waals surface area contributed by atoms with Gasteiger partial charge in [0.25, 0.3) is 0 Å². The van der Waals surface area contributed by atoms with Crippen LogP contribution in [-0.2, 0) is 0 Å². The van der Waals surface area contributed by atoms with E-state index in [1.54, 1.807) is 18.6 Å². The number of rotatable bonds is 1. The Labute approximate surface area is 95.5 Å². The fourth-order valence-electron chi connectivity index (χ4n) is 1.44.